The summed E-state index contributed by atoms with van der Waals surface area (Å²) in [4.78, 5) is 40.2. The van der Waals surface area contributed by atoms with Gasteiger partial charge in [0, 0.05) is 98.3 Å². The first kappa shape index (κ1) is 43.4. The normalized spacial score (nSPS) is 22.2. The third-order valence-corrected chi connectivity index (χ3v) is 15.8. The number of pyridine rings is 1. The molecule has 3 fully saturated rings. The van der Waals surface area contributed by atoms with Crippen LogP contribution in [0.5, 0.6) is 17.2 Å². The number of rotatable bonds is 12. The van der Waals surface area contributed by atoms with Gasteiger partial charge < -0.3 is 19.4 Å². The van der Waals surface area contributed by atoms with Gasteiger partial charge in [0.1, 0.15) is 22.9 Å². The van der Waals surface area contributed by atoms with Gasteiger partial charge in [-0.25, -0.2) is 18.1 Å². The second-order valence-corrected chi connectivity index (χ2v) is 21.5. The van der Waals surface area contributed by atoms with Crippen LogP contribution in [0.3, 0.4) is 0 Å². The van der Waals surface area contributed by atoms with E-state index in [9.17, 15) is 23.3 Å². The van der Waals surface area contributed by atoms with Gasteiger partial charge in [0.15, 0.2) is 0 Å². The van der Waals surface area contributed by atoms with Crippen molar-refractivity contribution < 1.29 is 27.6 Å². The number of nitrogens with zero attached hydrogens (tertiary/aromatic N) is 5. The van der Waals surface area contributed by atoms with E-state index in [1.54, 1.807) is 30.5 Å². The molecule has 2 saturated heterocycles. The summed E-state index contributed by atoms with van der Waals surface area (Å²) in [5.41, 5.74) is 5.82. The number of hydrogen-bond donors (Lipinski definition) is 2. The first-order valence-electron chi connectivity index (χ1n) is 22.7. The Morgan fingerprint density at radius 3 is 2.63 bits per heavy atom. The Morgan fingerprint density at radius 1 is 1.06 bits per heavy atom. The van der Waals surface area contributed by atoms with Crippen molar-refractivity contribution in [3.05, 3.63) is 117 Å². The highest BCUT2D eigenvalue weighted by Gasteiger charge is 2.40. The molecule has 2 N–H and O–H groups in total. The highest BCUT2D eigenvalue weighted by atomic mass is 35.5. The zero-order valence-corrected chi connectivity index (χ0v) is 38.3. The quantitative estimate of drug-likeness (QED) is 0.0908. The molecule has 2 aliphatic carbocycles. The minimum atomic E-state index is -4.62. The number of H-pyrrole nitrogens is 1. The van der Waals surface area contributed by atoms with Crippen LogP contribution in [0.2, 0.25) is 5.02 Å². The predicted octanol–water partition coefficient (Wildman–Crippen LogP) is 8.86. The van der Waals surface area contributed by atoms with E-state index in [4.69, 9.17) is 21.1 Å². The molecule has 10 rings (SSSR count). The van der Waals surface area contributed by atoms with Crippen molar-refractivity contribution in [3.8, 4) is 17.2 Å². The average Bonchev–Trinajstić information content (AvgIpc) is 4.05. The van der Waals surface area contributed by atoms with E-state index in [1.807, 2.05) is 18.2 Å². The number of fused-ring (bicyclic) bond motifs is 4. The number of halogens is 1. The van der Waals surface area contributed by atoms with Crippen LogP contribution in [0.15, 0.2) is 89.6 Å². The zero-order chi connectivity index (χ0) is 45.0. The number of benzene rings is 3. The fourth-order valence-electron chi connectivity index (χ4n) is 10.7. The van der Waals surface area contributed by atoms with Crippen LogP contribution in [0.1, 0.15) is 73.9 Å². The minimum absolute atomic E-state index is 0.0332. The van der Waals surface area contributed by atoms with Crippen molar-refractivity contribution in [1.82, 2.24) is 24.5 Å². The molecule has 340 valence electrons. The summed E-state index contributed by atoms with van der Waals surface area (Å²) < 4.78 is 42.5. The molecule has 5 aromatic rings. The highest BCUT2D eigenvalue weighted by molar-refractivity contribution is 7.90. The van der Waals surface area contributed by atoms with Gasteiger partial charge >= 0.3 is 0 Å². The van der Waals surface area contributed by atoms with Crippen LogP contribution < -0.4 is 19.1 Å². The molecule has 3 atom stereocenters. The van der Waals surface area contributed by atoms with Crippen LogP contribution >= 0.6 is 11.6 Å². The molecule has 0 spiro atoms. The minimum Gasteiger partial charge on any atom is -0.493 e. The van der Waals surface area contributed by atoms with E-state index in [1.165, 1.54) is 48.2 Å². The highest BCUT2D eigenvalue weighted by Crippen LogP contribution is 2.44. The maximum atomic E-state index is 14.1. The Morgan fingerprint density at radius 2 is 1.88 bits per heavy atom. The Labute approximate surface area is 384 Å². The number of allylic oxidation sites excluding steroid dienone is 1. The topological polar surface area (TPSA) is 163 Å². The van der Waals surface area contributed by atoms with Gasteiger partial charge in [0.2, 0.25) is 0 Å². The van der Waals surface area contributed by atoms with Gasteiger partial charge in [0.05, 0.1) is 33.7 Å². The Hall–Kier alpha value is -5.48. The summed E-state index contributed by atoms with van der Waals surface area (Å²) in [5.74, 6) is 0.453. The first-order chi connectivity index (χ1) is 31.2. The molecule has 14 nitrogen and oxygen atoms in total. The lowest BCUT2D eigenvalue weighted by molar-refractivity contribution is -0.386. The predicted molar refractivity (Wildman–Crippen MR) is 250 cm³/mol. The lowest BCUT2D eigenvalue weighted by atomic mass is 9.72. The molecule has 5 aliphatic rings. The van der Waals surface area contributed by atoms with E-state index in [0.29, 0.717) is 36.0 Å². The number of hydrogen-bond acceptors (Lipinski definition) is 11. The van der Waals surface area contributed by atoms with Gasteiger partial charge in [-0.05, 0) is 104 Å². The van der Waals surface area contributed by atoms with Gasteiger partial charge in [-0.1, -0.05) is 43.2 Å². The summed E-state index contributed by atoms with van der Waals surface area (Å²) in [6, 6.07) is 19.8. The number of sulfonamides is 1. The number of nitro groups is 1. The summed E-state index contributed by atoms with van der Waals surface area (Å²) in [5, 5.41) is 13.9. The standard InChI is InChI=1S/C49H54ClN7O7S/c1-49(2)13-11-35(43(25-49)33-4-6-36(50)7-5-33)29-54-15-17-55(18-16-54)38-9-10-41(46(22-38)64-39-21-34-12-14-51-47(34)52-26-39)48(58)53-65(61,62)40-23-44(57(59)60)42-20-32(30-63-45(42)24-40)28-56-27-31-3-8-37(56)19-31/h4-7,9-10,12,14,21-24,26,31-32,37H,3,8,11,13,15-20,25,27-30H2,1-2H3,(H,51,52)(H,53,58)/t31-,32-,37+/m0/s1. The average molecular weight is 921 g/mol. The summed E-state index contributed by atoms with van der Waals surface area (Å²) in [7, 11) is -4.62. The number of piperazine rings is 1. The molecule has 3 aliphatic heterocycles. The van der Waals surface area contributed by atoms with E-state index >= 15 is 0 Å². The lowest BCUT2D eigenvalue weighted by Gasteiger charge is -2.39. The second kappa shape index (κ2) is 17.4. The number of ether oxygens (including phenoxy) is 2. The molecule has 0 radical (unpaired) electrons. The number of nitro benzene ring substituents is 1. The largest absolute Gasteiger partial charge is 0.493 e. The number of likely N-dealkylation sites (tertiary alicyclic amines) is 1. The summed E-state index contributed by atoms with van der Waals surface area (Å²) >= 11 is 6.25. The van der Waals surface area contributed by atoms with Gasteiger partial charge in [-0.3, -0.25) is 24.7 Å². The maximum Gasteiger partial charge on any atom is 0.277 e. The maximum absolute atomic E-state index is 14.1. The molecule has 65 heavy (non-hydrogen) atoms. The zero-order valence-electron chi connectivity index (χ0n) is 36.7. The molecule has 3 aromatic carbocycles. The number of carbonyl (C=O) groups is 1. The molecular weight excluding hydrogens is 866 g/mol. The fourth-order valence-corrected chi connectivity index (χ4v) is 11.9. The Balaban J connectivity index is 0.872. The van der Waals surface area contributed by atoms with Crippen molar-refractivity contribution in [2.45, 2.75) is 69.7 Å². The first-order valence-corrected chi connectivity index (χ1v) is 24.5. The van der Waals surface area contributed by atoms with E-state index in [-0.39, 0.29) is 34.1 Å². The number of carbonyl (C=O) groups excluding carboxylic acids is 1. The molecular formula is C49H54ClN7O7S. The van der Waals surface area contributed by atoms with Crippen molar-refractivity contribution in [2.75, 3.05) is 57.3 Å². The smallest absolute Gasteiger partial charge is 0.277 e. The van der Waals surface area contributed by atoms with Crippen molar-refractivity contribution in [1.29, 1.82) is 0 Å². The number of nitrogens with one attached hydrogen (secondary N) is 2. The van der Waals surface area contributed by atoms with E-state index in [0.717, 1.165) is 93.2 Å². The van der Waals surface area contributed by atoms with E-state index < -0.39 is 25.7 Å². The monoisotopic (exact) mass is 919 g/mol. The summed E-state index contributed by atoms with van der Waals surface area (Å²) in [6.45, 7) is 10.8. The van der Waals surface area contributed by atoms with Crippen LogP contribution in [-0.2, 0) is 16.4 Å². The lowest BCUT2D eigenvalue weighted by Crippen LogP contribution is -2.47. The number of aromatic nitrogens is 2. The van der Waals surface area contributed by atoms with Crippen LogP contribution in [0.25, 0.3) is 16.6 Å². The van der Waals surface area contributed by atoms with Crippen molar-refractivity contribution in [3.63, 3.8) is 0 Å². The number of aromatic amines is 1. The van der Waals surface area contributed by atoms with Crippen LogP contribution in [0.4, 0.5) is 11.4 Å². The van der Waals surface area contributed by atoms with Gasteiger partial charge in [0.25, 0.3) is 21.6 Å². The third kappa shape index (κ3) is 9.20. The van der Waals surface area contributed by atoms with E-state index in [2.05, 4.69) is 55.4 Å². The van der Waals surface area contributed by atoms with Gasteiger partial charge in [-0.2, -0.15) is 0 Å². The number of anilines is 1. The van der Waals surface area contributed by atoms with Crippen LogP contribution in [0, 0.1) is 27.4 Å². The molecule has 2 bridgehead atoms. The molecule has 2 aromatic heterocycles. The molecule has 16 heteroatoms. The Bertz CT molecular complexity index is 2800. The van der Waals surface area contributed by atoms with Gasteiger partial charge in [-0.15, -0.1) is 0 Å². The Kier molecular flexibility index (Phi) is 11.6. The van der Waals surface area contributed by atoms with Crippen molar-refractivity contribution >= 4 is 55.5 Å². The molecule has 0 unspecified atom stereocenters. The molecule has 1 saturated carbocycles. The third-order valence-electron chi connectivity index (χ3n) is 14.2. The number of piperidine rings is 1. The number of amides is 1. The SMILES string of the molecule is CC1(C)CCC(CN2CCN(c3ccc(C(=O)NS(=O)(=O)c4cc5c(c([N+](=O)[O-])c4)C[C@@H](CN4C[C@H]6CC[C@@H]4C6)CO5)c(Oc4cnc5[nH]ccc5c4)c3)CC2)=C(c2ccc(Cl)cc2)C1. The summed E-state index contributed by atoms with van der Waals surface area (Å²) in [6.07, 6.45) is 10.6. The molecule has 5 heterocycles. The van der Waals surface area contributed by atoms with Crippen LogP contribution in [-0.4, -0.2) is 97.5 Å². The van der Waals surface area contributed by atoms with Crippen molar-refractivity contribution in [2.24, 2.45) is 17.3 Å². The second-order valence-electron chi connectivity index (χ2n) is 19.3. The molecule has 1 amide bonds. The fraction of sp³-hybridized carbons (Fsp3) is 0.429.